The van der Waals surface area contributed by atoms with Crippen molar-refractivity contribution in [3.05, 3.63) is 11.8 Å². The third-order valence-electron chi connectivity index (χ3n) is 1.39. The molecule has 78 valence electrons. The SMILES string of the molecule is CC=C[Si](OC)(OC)OC(C)(C)C. The third kappa shape index (κ3) is 4.57. The van der Waals surface area contributed by atoms with Crippen molar-refractivity contribution in [2.24, 2.45) is 0 Å². The Morgan fingerprint density at radius 3 is 1.77 bits per heavy atom. The molecule has 0 radical (unpaired) electrons. The quantitative estimate of drug-likeness (QED) is 0.657. The lowest BCUT2D eigenvalue weighted by atomic mass is 10.2. The van der Waals surface area contributed by atoms with Crippen LogP contribution in [0.4, 0.5) is 0 Å². The second-order valence-electron chi connectivity index (χ2n) is 3.73. The molecular weight excluding hydrogens is 184 g/mol. The van der Waals surface area contributed by atoms with E-state index in [4.69, 9.17) is 13.3 Å². The standard InChI is InChI=1S/C9H20O3Si/c1-7-8-13(10-5,11-6)12-9(2,3)4/h7-8H,1-6H3. The third-order valence-corrected chi connectivity index (χ3v) is 4.16. The topological polar surface area (TPSA) is 27.7 Å². The van der Waals surface area contributed by atoms with Crippen LogP contribution in [0.25, 0.3) is 0 Å². The van der Waals surface area contributed by atoms with Gasteiger partial charge in [-0.3, -0.25) is 0 Å². The predicted octanol–water partition coefficient (Wildman–Crippen LogP) is 2.15. The molecule has 0 aromatic carbocycles. The molecule has 0 aromatic heterocycles. The van der Waals surface area contributed by atoms with E-state index in [1.165, 1.54) is 0 Å². The summed E-state index contributed by atoms with van der Waals surface area (Å²) in [7, 11) is 0.666. The summed E-state index contributed by atoms with van der Waals surface area (Å²) in [5.74, 6) is 0. The van der Waals surface area contributed by atoms with Gasteiger partial charge in [-0.25, -0.2) is 0 Å². The molecule has 0 saturated carbocycles. The van der Waals surface area contributed by atoms with Crippen LogP contribution < -0.4 is 0 Å². The minimum Gasteiger partial charge on any atom is -0.374 e. The minimum atomic E-state index is -2.56. The van der Waals surface area contributed by atoms with Crippen molar-refractivity contribution in [1.82, 2.24) is 0 Å². The van der Waals surface area contributed by atoms with Crippen molar-refractivity contribution in [1.29, 1.82) is 0 Å². The van der Waals surface area contributed by atoms with Crippen LogP contribution in [0.1, 0.15) is 27.7 Å². The van der Waals surface area contributed by atoms with E-state index >= 15 is 0 Å². The molecule has 0 amide bonds. The van der Waals surface area contributed by atoms with Gasteiger partial charge in [0.15, 0.2) is 0 Å². The average Bonchev–Trinajstić information content (AvgIpc) is 2.01. The summed E-state index contributed by atoms with van der Waals surface area (Å²) in [5, 5.41) is 0. The van der Waals surface area contributed by atoms with Crippen LogP contribution in [-0.2, 0) is 13.3 Å². The van der Waals surface area contributed by atoms with Gasteiger partial charge < -0.3 is 13.3 Å². The highest BCUT2D eigenvalue weighted by Crippen LogP contribution is 2.18. The second-order valence-corrected chi connectivity index (χ2v) is 6.29. The van der Waals surface area contributed by atoms with Crippen LogP contribution in [0, 0.1) is 0 Å². The Kier molecular flexibility index (Phi) is 4.84. The molecule has 13 heavy (non-hydrogen) atoms. The first-order chi connectivity index (χ1) is 5.89. The van der Waals surface area contributed by atoms with Gasteiger partial charge in [0.25, 0.3) is 0 Å². The molecule has 0 saturated heterocycles. The fraction of sp³-hybridized carbons (Fsp3) is 0.778. The van der Waals surface area contributed by atoms with Crippen LogP contribution >= 0.6 is 0 Å². The molecule has 0 aliphatic heterocycles. The van der Waals surface area contributed by atoms with Crippen LogP contribution in [0.5, 0.6) is 0 Å². The molecule has 3 nitrogen and oxygen atoms in total. The first kappa shape index (κ1) is 12.8. The van der Waals surface area contributed by atoms with E-state index in [-0.39, 0.29) is 5.60 Å². The van der Waals surface area contributed by atoms with Gasteiger partial charge in [0.05, 0.1) is 5.60 Å². The fourth-order valence-corrected chi connectivity index (χ4v) is 2.90. The summed E-state index contributed by atoms with van der Waals surface area (Å²) in [6.07, 6.45) is 1.89. The highest BCUT2D eigenvalue weighted by Gasteiger charge is 2.39. The van der Waals surface area contributed by atoms with Gasteiger partial charge in [0.2, 0.25) is 0 Å². The van der Waals surface area contributed by atoms with Gasteiger partial charge in [-0.1, -0.05) is 6.08 Å². The first-order valence-electron chi connectivity index (χ1n) is 4.33. The van der Waals surface area contributed by atoms with Crippen LogP contribution in [0.15, 0.2) is 11.8 Å². The van der Waals surface area contributed by atoms with Crippen molar-refractivity contribution in [2.45, 2.75) is 33.3 Å². The van der Waals surface area contributed by atoms with E-state index in [1.807, 2.05) is 39.5 Å². The summed E-state index contributed by atoms with van der Waals surface area (Å²) in [6.45, 7) is 7.87. The molecule has 0 aliphatic rings. The monoisotopic (exact) mass is 204 g/mol. The highest BCUT2D eigenvalue weighted by molar-refractivity contribution is 6.66. The average molecular weight is 204 g/mol. The van der Waals surface area contributed by atoms with Gasteiger partial charge in [-0.2, -0.15) is 0 Å². The van der Waals surface area contributed by atoms with Crippen molar-refractivity contribution >= 4 is 8.80 Å². The number of allylic oxidation sites excluding steroid dienone is 1. The second kappa shape index (κ2) is 4.90. The lowest BCUT2D eigenvalue weighted by Crippen LogP contribution is -2.47. The first-order valence-corrected chi connectivity index (χ1v) is 6.13. The van der Waals surface area contributed by atoms with Crippen LogP contribution in [-0.4, -0.2) is 28.6 Å². The van der Waals surface area contributed by atoms with E-state index in [2.05, 4.69) is 0 Å². The Morgan fingerprint density at radius 2 is 1.54 bits per heavy atom. The number of hydrogen-bond acceptors (Lipinski definition) is 3. The molecule has 0 rings (SSSR count). The number of rotatable bonds is 4. The Morgan fingerprint density at radius 1 is 1.08 bits per heavy atom. The molecule has 0 aliphatic carbocycles. The van der Waals surface area contributed by atoms with Gasteiger partial charge in [-0.15, -0.1) is 0 Å². The van der Waals surface area contributed by atoms with Crippen molar-refractivity contribution in [3.8, 4) is 0 Å². The van der Waals surface area contributed by atoms with E-state index in [9.17, 15) is 0 Å². The Bertz CT molecular complexity index is 168. The number of hydrogen-bond donors (Lipinski definition) is 0. The van der Waals surface area contributed by atoms with Crippen molar-refractivity contribution < 1.29 is 13.3 Å². The van der Waals surface area contributed by atoms with Crippen LogP contribution in [0.3, 0.4) is 0 Å². The molecule has 0 aromatic rings. The van der Waals surface area contributed by atoms with E-state index in [1.54, 1.807) is 14.2 Å². The van der Waals surface area contributed by atoms with E-state index in [0.29, 0.717) is 0 Å². The summed E-state index contributed by atoms with van der Waals surface area (Å²) in [6, 6.07) is 0. The summed E-state index contributed by atoms with van der Waals surface area (Å²) < 4.78 is 16.4. The molecule has 0 atom stereocenters. The fourth-order valence-electron chi connectivity index (χ4n) is 0.968. The molecule has 0 spiro atoms. The molecular formula is C9H20O3Si. The molecule has 0 fully saturated rings. The lowest BCUT2D eigenvalue weighted by Gasteiger charge is -2.31. The zero-order chi connectivity index (χ0) is 10.5. The van der Waals surface area contributed by atoms with E-state index < -0.39 is 8.80 Å². The maximum absolute atomic E-state index is 5.77. The van der Waals surface area contributed by atoms with Gasteiger partial charge in [-0.05, 0) is 33.4 Å². The largest absolute Gasteiger partial charge is 0.529 e. The van der Waals surface area contributed by atoms with E-state index in [0.717, 1.165) is 0 Å². The summed E-state index contributed by atoms with van der Waals surface area (Å²) >= 11 is 0. The predicted molar refractivity (Wildman–Crippen MR) is 55.4 cm³/mol. The minimum absolute atomic E-state index is 0.252. The summed E-state index contributed by atoms with van der Waals surface area (Å²) in [5.41, 5.74) is 1.62. The smallest absolute Gasteiger partial charge is 0.374 e. The Hall–Kier alpha value is -0.163. The molecule has 0 bridgehead atoms. The normalized spacial score (nSPS) is 14.0. The zero-order valence-corrected chi connectivity index (χ0v) is 10.4. The lowest BCUT2D eigenvalue weighted by molar-refractivity contribution is 0.0261. The summed E-state index contributed by atoms with van der Waals surface area (Å²) in [4.78, 5) is 0. The van der Waals surface area contributed by atoms with Gasteiger partial charge in [0, 0.05) is 14.2 Å². The highest BCUT2D eigenvalue weighted by atomic mass is 28.4. The molecule has 0 heterocycles. The molecule has 0 unspecified atom stereocenters. The maximum Gasteiger partial charge on any atom is 0.529 e. The zero-order valence-electron chi connectivity index (χ0n) is 9.38. The Labute approximate surface area is 82.1 Å². The maximum atomic E-state index is 5.77. The van der Waals surface area contributed by atoms with Crippen molar-refractivity contribution in [3.63, 3.8) is 0 Å². The van der Waals surface area contributed by atoms with Crippen LogP contribution in [0.2, 0.25) is 0 Å². The van der Waals surface area contributed by atoms with Gasteiger partial charge >= 0.3 is 8.80 Å². The molecule has 4 heteroatoms. The van der Waals surface area contributed by atoms with Gasteiger partial charge in [0.1, 0.15) is 0 Å². The molecule has 0 N–H and O–H groups in total. The Balaban J connectivity index is 4.58. The van der Waals surface area contributed by atoms with Crippen molar-refractivity contribution in [2.75, 3.05) is 14.2 Å².